The maximum Gasteiger partial charge on any atom is 0.328 e. The fraction of sp³-hybridized carbons (Fsp3) is 0.438. The molecule has 1 aliphatic rings. The molecule has 0 atom stereocenters. The van der Waals surface area contributed by atoms with Crippen LogP contribution in [-0.2, 0) is 4.79 Å². The monoisotopic (exact) mass is 291 g/mol. The van der Waals surface area contributed by atoms with Crippen LogP contribution >= 0.6 is 11.8 Å². The predicted octanol–water partition coefficient (Wildman–Crippen LogP) is 3.42. The number of hydrogen-bond donors (Lipinski definition) is 1. The molecule has 2 rings (SSSR count). The number of aliphatic carboxylic acids is 1. The Kier molecular flexibility index (Phi) is 4.43. The highest BCUT2D eigenvalue weighted by Crippen LogP contribution is 2.33. The molecular weight excluding hydrogens is 270 g/mol. The second-order valence-electron chi connectivity index (χ2n) is 5.75. The number of benzene rings is 1. The minimum absolute atomic E-state index is 0.284. The molecule has 1 heterocycles. The van der Waals surface area contributed by atoms with Crippen LogP contribution in [-0.4, -0.2) is 34.7 Å². The fourth-order valence-corrected chi connectivity index (χ4v) is 3.64. The van der Waals surface area contributed by atoms with Crippen molar-refractivity contribution in [1.29, 1.82) is 0 Å². The molecule has 20 heavy (non-hydrogen) atoms. The molecule has 0 aromatic heterocycles. The molecule has 0 spiro atoms. The van der Waals surface area contributed by atoms with Gasteiger partial charge < -0.3 is 10.0 Å². The summed E-state index contributed by atoms with van der Waals surface area (Å²) < 4.78 is 0.284. The van der Waals surface area contributed by atoms with Gasteiger partial charge in [-0.15, -0.1) is 0 Å². The number of aryl methyl sites for hydroxylation is 1. The number of nitrogens with zero attached hydrogens (tertiary/aromatic N) is 1. The van der Waals surface area contributed by atoms with Gasteiger partial charge in [-0.2, -0.15) is 11.8 Å². The van der Waals surface area contributed by atoms with E-state index in [0.29, 0.717) is 0 Å². The summed E-state index contributed by atoms with van der Waals surface area (Å²) in [6.07, 6.45) is 2.81. The number of carboxylic acids is 1. The Balaban J connectivity index is 2.19. The Morgan fingerprint density at radius 1 is 1.45 bits per heavy atom. The van der Waals surface area contributed by atoms with Crippen LogP contribution in [0.15, 0.2) is 24.3 Å². The van der Waals surface area contributed by atoms with Crippen molar-refractivity contribution in [2.45, 2.75) is 25.5 Å². The van der Waals surface area contributed by atoms with Crippen molar-refractivity contribution in [2.75, 3.05) is 23.7 Å². The topological polar surface area (TPSA) is 40.5 Å². The van der Waals surface area contributed by atoms with Crippen molar-refractivity contribution < 1.29 is 9.90 Å². The van der Waals surface area contributed by atoms with Gasteiger partial charge in [0.05, 0.1) is 0 Å². The van der Waals surface area contributed by atoms with Crippen molar-refractivity contribution >= 4 is 29.5 Å². The molecule has 1 aromatic carbocycles. The first-order valence-corrected chi connectivity index (χ1v) is 7.76. The van der Waals surface area contributed by atoms with Crippen molar-refractivity contribution in [2.24, 2.45) is 0 Å². The largest absolute Gasteiger partial charge is 0.478 e. The lowest BCUT2D eigenvalue weighted by molar-refractivity contribution is -0.131. The highest BCUT2D eigenvalue weighted by Gasteiger charge is 2.27. The SMILES string of the molecule is Cc1cc(/C=C/C(=O)O)ccc1N1CCSC(C)(C)C1. The van der Waals surface area contributed by atoms with Crippen molar-refractivity contribution in [1.82, 2.24) is 0 Å². The lowest BCUT2D eigenvalue weighted by Gasteiger charge is -2.39. The summed E-state index contributed by atoms with van der Waals surface area (Å²) in [5.41, 5.74) is 3.38. The minimum Gasteiger partial charge on any atom is -0.478 e. The third-order valence-corrected chi connectivity index (χ3v) is 4.70. The molecule has 1 saturated heterocycles. The van der Waals surface area contributed by atoms with Gasteiger partial charge in [0, 0.05) is 35.4 Å². The van der Waals surface area contributed by atoms with Gasteiger partial charge in [0.15, 0.2) is 0 Å². The molecule has 1 N–H and O–H groups in total. The number of rotatable bonds is 3. The van der Waals surface area contributed by atoms with Gasteiger partial charge >= 0.3 is 5.97 Å². The molecule has 0 unspecified atom stereocenters. The zero-order valence-electron chi connectivity index (χ0n) is 12.2. The Bertz CT molecular complexity index is 537. The molecule has 4 heteroatoms. The van der Waals surface area contributed by atoms with Crippen molar-refractivity contribution in [3.8, 4) is 0 Å². The van der Waals surface area contributed by atoms with Crippen LogP contribution < -0.4 is 4.90 Å². The lowest BCUT2D eigenvalue weighted by Crippen LogP contribution is -2.43. The molecule has 3 nitrogen and oxygen atoms in total. The number of anilines is 1. The number of hydrogen-bond acceptors (Lipinski definition) is 3. The van der Waals surface area contributed by atoms with Crippen molar-refractivity contribution in [3.63, 3.8) is 0 Å². The van der Waals surface area contributed by atoms with Crippen LogP contribution in [0.3, 0.4) is 0 Å². The summed E-state index contributed by atoms with van der Waals surface area (Å²) in [4.78, 5) is 13.0. The zero-order chi connectivity index (χ0) is 14.8. The molecule has 0 amide bonds. The maximum atomic E-state index is 10.5. The molecule has 0 radical (unpaired) electrons. The van der Waals surface area contributed by atoms with E-state index in [2.05, 4.69) is 31.7 Å². The Labute approximate surface area is 124 Å². The van der Waals surface area contributed by atoms with E-state index < -0.39 is 5.97 Å². The molecule has 0 bridgehead atoms. The Hall–Kier alpha value is -1.42. The van der Waals surface area contributed by atoms with E-state index in [1.807, 2.05) is 23.9 Å². The molecule has 1 aliphatic heterocycles. The van der Waals surface area contributed by atoms with Crippen LogP contribution in [0, 0.1) is 6.92 Å². The number of carboxylic acid groups (broad SMARTS) is 1. The highest BCUT2D eigenvalue weighted by molar-refractivity contribution is 8.00. The first-order chi connectivity index (χ1) is 9.37. The molecule has 1 aromatic rings. The van der Waals surface area contributed by atoms with Gasteiger partial charge in [0.2, 0.25) is 0 Å². The summed E-state index contributed by atoms with van der Waals surface area (Å²) in [5.74, 6) is 0.231. The Morgan fingerprint density at radius 2 is 2.20 bits per heavy atom. The third-order valence-electron chi connectivity index (χ3n) is 3.41. The summed E-state index contributed by atoms with van der Waals surface area (Å²) in [6, 6.07) is 6.13. The first kappa shape index (κ1) is 15.0. The van der Waals surface area contributed by atoms with E-state index in [1.165, 1.54) is 17.3 Å². The van der Waals surface area contributed by atoms with Gasteiger partial charge in [-0.05, 0) is 50.1 Å². The highest BCUT2D eigenvalue weighted by atomic mass is 32.2. The molecule has 1 fully saturated rings. The standard InChI is InChI=1S/C16H21NO2S/c1-12-10-13(5-7-15(18)19)4-6-14(12)17-8-9-20-16(2,3)11-17/h4-7,10H,8-9,11H2,1-3H3,(H,18,19)/b7-5+. The van der Waals surface area contributed by atoms with Gasteiger partial charge in [-0.3, -0.25) is 0 Å². The van der Waals surface area contributed by atoms with Crippen molar-refractivity contribution in [3.05, 3.63) is 35.4 Å². The molecular formula is C16H21NO2S. The van der Waals surface area contributed by atoms with Crippen LogP contribution in [0.2, 0.25) is 0 Å². The normalized spacial score (nSPS) is 18.4. The Morgan fingerprint density at radius 3 is 2.80 bits per heavy atom. The van der Waals surface area contributed by atoms with Gasteiger partial charge in [-0.25, -0.2) is 4.79 Å². The van der Waals surface area contributed by atoms with E-state index in [4.69, 9.17) is 5.11 Å². The van der Waals surface area contributed by atoms with Crippen LogP contribution in [0.5, 0.6) is 0 Å². The van der Waals surface area contributed by atoms with E-state index in [1.54, 1.807) is 6.08 Å². The molecule has 108 valence electrons. The number of thioether (sulfide) groups is 1. The van der Waals surface area contributed by atoms with E-state index in [0.717, 1.165) is 24.4 Å². The summed E-state index contributed by atoms with van der Waals surface area (Å²) in [6.45, 7) is 8.76. The van der Waals surface area contributed by atoms with Gasteiger partial charge in [0.25, 0.3) is 0 Å². The smallest absolute Gasteiger partial charge is 0.328 e. The van der Waals surface area contributed by atoms with E-state index in [-0.39, 0.29) is 4.75 Å². The fourth-order valence-electron chi connectivity index (χ4n) is 2.53. The lowest BCUT2D eigenvalue weighted by atomic mass is 10.1. The second kappa shape index (κ2) is 5.92. The van der Waals surface area contributed by atoms with Crippen LogP contribution in [0.4, 0.5) is 5.69 Å². The van der Waals surface area contributed by atoms with Gasteiger partial charge in [-0.1, -0.05) is 6.07 Å². The average Bonchev–Trinajstić information content (AvgIpc) is 2.35. The van der Waals surface area contributed by atoms with Gasteiger partial charge in [0.1, 0.15) is 0 Å². The quantitative estimate of drug-likeness (QED) is 0.866. The number of carbonyl (C=O) groups is 1. The average molecular weight is 291 g/mol. The van der Waals surface area contributed by atoms with E-state index >= 15 is 0 Å². The first-order valence-electron chi connectivity index (χ1n) is 6.78. The molecule has 0 saturated carbocycles. The third kappa shape index (κ3) is 3.79. The maximum absolute atomic E-state index is 10.5. The summed E-state index contributed by atoms with van der Waals surface area (Å²) in [7, 11) is 0. The second-order valence-corrected chi connectivity index (χ2v) is 7.55. The predicted molar refractivity (Wildman–Crippen MR) is 86.6 cm³/mol. The zero-order valence-corrected chi connectivity index (χ0v) is 13.0. The van der Waals surface area contributed by atoms with Crippen LogP contribution in [0.1, 0.15) is 25.0 Å². The summed E-state index contributed by atoms with van der Waals surface area (Å²) in [5, 5.41) is 8.66. The van der Waals surface area contributed by atoms with E-state index in [9.17, 15) is 4.79 Å². The van der Waals surface area contributed by atoms with Crippen LogP contribution in [0.25, 0.3) is 6.08 Å². The molecule has 0 aliphatic carbocycles. The minimum atomic E-state index is -0.915. The summed E-state index contributed by atoms with van der Waals surface area (Å²) >= 11 is 2.02.